The van der Waals surface area contributed by atoms with Crippen molar-refractivity contribution < 1.29 is 212 Å². The quantitative estimate of drug-likeness (QED) is 0.0104. The molecule has 782 valence electrons. The molecule has 43 heteroatoms. The van der Waals surface area contributed by atoms with E-state index in [9.17, 15) is 122 Å². The summed E-state index contributed by atoms with van der Waals surface area (Å²) < 4.78 is 109. The van der Waals surface area contributed by atoms with Gasteiger partial charge >= 0.3 is 17.9 Å². The number of aliphatic hydroxyl groups excluding tert-OH is 20. The number of hydrogen-bond acceptors (Lipinski definition) is 43. The number of rotatable bonds is 31. The van der Waals surface area contributed by atoms with E-state index in [1.165, 1.54) is 58.9 Å². The fraction of sp³-hybridized carbons (Fsp3) is 0.862. The first-order valence-corrected chi connectivity index (χ1v) is 47.7. The Labute approximate surface area is 794 Å². The van der Waals surface area contributed by atoms with E-state index >= 15 is 4.79 Å². The van der Waals surface area contributed by atoms with E-state index in [0.29, 0.717) is 44.9 Å². The molecule has 0 aromatic heterocycles. The van der Waals surface area contributed by atoms with Crippen LogP contribution in [0.4, 0.5) is 0 Å². The molecule has 8 saturated heterocycles. The minimum atomic E-state index is -2.28. The molecule has 8 aliphatic heterocycles. The van der Waals surface area contributed by atoms with Crippen LogP contribution < -0.4 is 0 Å². The number of carbonyl (C=O) groups is 3. The van der Waals surface area contributed by atoms with Gasteiger partial charge in [-0.3, -0.25) is 4.79 Å². The van der Waals surface area contributed by atoms with E-state index < -0.39 is 347 Å². The maximum Gasteiger partial charge on any atom is 0.336 e. The molecular formula is C94H148O43. The highest BCUT2D eigenvalue weighted by molar-refractivity contribution is 5.89. The molecule has 0 aromatic carbocycles. The summed E-state index contributed by atoms with van der Waals surface area (Å²) in [6.45, 7) is 24.8. The third-order valence-electron chi connectivity index (χ3n) is 32.4. The SMILES string of the molecule is C=CC(C)(O)CC/C=C(\CO)C(=O)O[C@H]1[C@H](OC[C@H]2O[C@@H](OC(=O)[C@]34CCC(C)(C)C[C@H]3C3=CC[C@@H]5[C@@]6(C)CC[C@H](O[C@@H]7O[C@H](CO[C@@H]8OC[C@H](O)[C@H](O)[C@H]8O[C@@H]8OC[C@@H](O)[C@H](O)[C@H]8O)[C@@H](O)[C@H](O)[C@H]7O)C(C)(C)[C@@H]6CC[C@@]5(C)[C@]3(C)C[C@H]4O)[C@H](O[C@@H]3O[C@@H](C)[C@H](O[C@@H]4OC[C@@H](O)[C@H](O[C@@H]5OC[C@@H](O)[C@H](O)[C@H]5O)[C@H]4O)[C@@H](O)[C@H]3O)[C@@H](O)[C@@H]2O)O[C@@H](C)[C@H](O)[C@H]1OC(=O)/C(C)=C/CC[C@@](C)(O)C=C. The lowest BCUT2D eigenvalue weighted by Crippen LogP contribution is -2.69. The lowest BCUT2D eigenvalue weighted by atomic mass is 9.33. The molecule has 22 N–H and O–H groups in total. The Bertz CT molecular complexity index is 4190. The second-order valence-electron chi connectivity index (χ2n) is 42.6. The Hall–Kier alpha value is -4.37. The van der Waals surface area contributed by atoms with Crippen LogP contribution in [0.2, 0.25) is 0 Å². The van der Waals surface area contributed by atoms with Gasteiger partial charge in [0, 0.05) is 5.57 Å². The molecule has 0 amide bonds. The molecule has 0 radical (unpaired) electrons. The molecule has 0 spiro atoms. The topological polar surface area (TPSA) is 662 Å². The third kappa shape index (κ3) is 22.1. The van der Waals surface area contributed by atoms with Gasteiger partial charge in [-0.2, -0.15) is 0 Å². The summed E-state index contributed by atoms with van der Waals surface area (Å²) in [4.78, 5) is 45.0. The predicted molar refractivity (Wildman–Crippen MR) is 465 cm³/mol. The Morgan fingerprint density at radius 1 is 0.460 bits per heavy atom. The van der Waals surface area contributed by atoms with Crippen LogP contribution in [0.1, 0.15) is 167 Å². The van der Waals surface area contributed by atoms with Crippen LogP contribution in [0.25, 0.3) is 0 Å². The lowest BCUT2D eigenvalue weighted by molar-refractivity contribution is -0.381. The van der Waals surface area contributed by atoms with Crippen LogP contribution in [-0.4, -0.2) is 421 Å². The molecule has 0 bridgehead atoms. The molecule has 4 saturated carbocycles. The molecule has 43 nitrogen and oxygen atoms in total. The highest BCUT2D eigenvalue weighted by Crippen LogP contribution is 2.76. The highest BCUT2D eigenvalue weighted by Gasteiger charge is 2.73. The van der Waals surface area contributed by atoms with Crippen LogP contribution >= 0.6 is 0 Å². The Morgan fingerprint density at radius 3 is 1.55 bits per heavy atom. The molecule has 13 rings (SSSR count). The average Bonchev–Trinajstić information content (AvgIpc) is 0.668. The summed E-state index contributed by atoms with van der Waals surface area (Å²) in [5.41, 5.74) is -7.15. The van der Waals surface area contributed by atoms with Crippen LogP contribution in [0.3, 0.4) is 0 Å². The third-order valence-corrected chi connectivity index (χ3v) is 32.4. The summed E-state index contributed by atoms with van der Waals surface area (Å²) in [5, 5.41) is 248. The predicted octanol–water partition coefficient (Wildman–Crippen LogP) is -3.75. The second-order valence-corrected chi connectivity index (χ2v) is 42.6. The lowest BCUT2D eigenvalue weighted by Gasteiger charge is -2.71. The monoisotopic (exact) mass is 1960 g/mol. The summed E-state index contributed by atoms with van der Waals surface area (Å²) in [6, 6.07) is 0. The largest absolute Gasteiger partial charge is 0.452 e. The Kier molecular flexibility index (Phi) is 34.8. The number of allylic oxidation sites excluding steroid dienone is 4. The van der Waals surface area contributed by atoms with Gasteiger partial charge in [-0.25, -0.2) is 9.59 Å². The zero-order chi connectivity index (χ0) is 101. The van der Waals surface area contributed by atoms with Gasteiger partial charge in [0.15, 0.2) is 62.3 Å². The van der Waals surface area contributed by atoms with Crippen molar-refractivity contribution in [3.8, 4) is 0 Å². The van der Waals surface area contributed by atoms with Gasteiger partial charge in [-0.1, -0.05) is 84.4 Å². The van der Waals surface area contributed by atoms with Gasteiger partial charge in [-0.15, -0.1) is 13.2 Å². The second kappa shape index (κ2) is 43.3. The number of ether oxygens (including phenoxy) is 18. The van der Waals surface area contributed by atoms with Crippen LogP contribution in [-0.2, 0) is 99.6 Å². The van der Waals surface area contributed by atoms with Crippen molar-refractivity contribution >= 4 is 17.9 Å². The highest BCUT2D eigenvalue weighted by atomic mass is 16.8. The Morgan fingerprint density at radius 2 is 0.949 bits per heavy atom. The normalized spacial score (nSPS) is 48.3. The molecular weight excluding hydrogens is 1820 g/mol. The van der Waals surface area contributed by atoms with E-state index in [2.05, 4.69) is 67.7 Å². The van der Waals surface area contributed by atoms with Gasteiger partial charge < -0.3 is 198 Å². The standard InChI is InChI=1S/C94H148O43/c1-15-89(10,118)25-17-19-40(3)76(115)131-72-56(101)41(4)126-84(75(72)132-77(116)43(33-95)20-18-26-90(11,119)16-2)125-39-51-61(106)63(108)74(136-81-68(113)64(109)70(42(5)127-81)133-80-69(114)71(49(99)37-122-80)134-78-65(110)57(102)46(96)34-120-78)85(129-51)137-86(117)94-30-29-87(6,7)31-45(94)44-21-22-53-91(12)27-24-55(88(8,9)52(91)23-28-92(53,13)93(44,14)32-54(94)100)130-82-67(112)62(107)60(105)50(128-82)38-124-83-73(59(104)48(98)36-123-83)135-79-66(111)58(103)47(97)35-121-79/h15-16,19-21,41-42,45-75,78-85,95-114,118-119H,1-2,17-18,22-39H2,3-14H3/b40-19+,43-20+/t41-,42-,45-,46+,47+,48-,49+,50+,51+,52-,53+,54+,55-,56-,57-,58-,59-,60+,61+,62-,63-,64-,65+,66+,67+,68+,69+,70-,71-,72+,73+,74+,75+,78-,79-,80-,81-,82-,83-,84+,85-,89-,90?,91-,92+,93+,94+/m0/s1. The molecule has 0 aromatic rings. The van der Waals surface area contributed by atoms with Crippen molar-refractivity contribution in [2.24, 2.45) is 50.2 Å². The van der Waals surface area contributed by atoms with Crippen molar-refractivity contribution in [2.45, 2.75) is 411 Å². The Balaban J connectivity index is 0.767. The molecule has 12 fully saturated rings. The number of fused-ring (bicyclic) bond motifs is 7. The first-order chi connectivity index (χ1) is 64.1. The van der Waals surface area contributed by atoms with Crippen molar-refractivity contribution in [3.05, 3.63) is 60.3 Å². The smallest absolute Gasteiger partial charge is 0.336 e. The van der Waals surface area contributed by atoms with E-state index in [1.54, 1.807) is 0 Å². The van der Waals surface area contributed by atoms with E-state index in [1.807, 2.05) is 0 Å². The molecule has 13 aliphatic rings. The van der Waals surface area contributed by atoms with Crippen LogP contribution in [0.15, 0.2) is 60.3 Å². The first kappa shape index (κ1) is 110. The van der Waals surface area contributed by atoms with Crippen molar-refractivity contribution in [1.82, 2.24) is 0 Å². The number of hydrogen-bond donors (Lipinski definition) is 22. The number of aliphatic hydroxyl groups is 22. The maximum atomic E-state index is 16.6. The van der Waals surface area contributed by atoms with Gasteiger partial charge in [0.05, 0.1) is 87.4 Å². The van der Waals surface area contributed by atoms with Crippen LogP contribution in [0.5, 0.6) is 0 Å². The number of carbonyl (C=O) groups excluding carboxylic acids is 3. The molecule has 47 atom stereocenters. The van der Waals surface area contributed by atoms with E-state index in [-0.39, 0.29) is 61.5 Å². The van der Waals surface area contributed by atoms with Gasteiger partial charge in [0.25, 0.3) is 0 Å². The summed E-state index contributed by atoms with van der Waals surface area (Å²) in [6.07, 6.45) is -54.9. The number of esters is 3. The van der Waals surface area contributed by atoms with E-state index in [0.717, 1.165) is 5.57 Å². The summed E-state index contributed by atoms with van der Waals surface area (Å²) in [5.74, 6) is -4.27. The van der Waals surface area contributed by atoms with E-state index in [4.69, 9.17) is 85.3 Å². The van der Waals surface area contributed by atoms with Gasteiger partial charge in [0.2, 0.25) is 6.29 Å². The van der Waals surface area contributed by atoms with Crippen molar-refractivity contribution in [1.29, 1.82) is 0 Å². The molecule has 8 heterocycles. The van der Waals surface area contributed by atoms with Crippen molar-refractivity contribution in [2.75, 3.05) is 46.2 Å². The van der Waals surface area contributed by atoms with Crippen molar-refractivity contribution in [3.63, 3.8) is 0 Å². The molecule has 5 aliphatic carbocycles. The van der Waals surface area contributed by atoms with Crippen LogP contribution in [0, 0.1) is 50.2 Å². The molecule has 137 heavy (non-hydrogen) atoms. The van der Waals surface area contributed by atoms with Gasteiger partial charge in [-0.05, 0) is 163 Å². The first-order valence-electron chi connectivity index (χ1n) is 47.7. The summed E-state index contributed by atoms with van der Waals surface area (Å²) in [7, 11) is 0. The fourth-order valence-corrected chi connectivity index (χ4v) is 23.4. The van der Waals surface area contributed by atoms with Gasteiger partial charge in [0.1, 0.15) is 146 Å². The molecule has 1 unspecified atom stereocenters. The zero-order valence-electron chi connectivity index (χ0n) is 79.5. The summed E-state index contributed by atoms with van der Waals surface area (Å²) >= 11 is 0. The average molecular weight is 1970 g/mol. The maximum absolute atomic E-state index is 16.6. The fourth-order valence-electron chi connectivity index (χ4n) is 23.4. The minimum Gasteiger partial charge on any atom is -0.452 e. The zero-order valence-corrected chi connectivity index (χ0v) is 79.5. The minimum absolute atomic E-state index is 0.00705.